The maximum Gasteiger partial charge on any atom is 0.257 e. The molecule has 0 aromatic heterocycles. The van der Waals surface area contributed by atoms with E-state index in [0.717, 1.165) is 35.6 Å². The molecule has 0 radical (unpaired) electrons. The zero-order valence-corrected chi connectivity index (χ0v) is 14.5. The molecule has 0 N–H and O–H groups in total. The van der Waals surface area contributed by atoms with Crippen molar-refractivity contribution in [2.75, 3.05) is 26.0 Å². The van der Waals surface area contributed by atoms with E-state index in [1.165, 1.54) is 0 Å². The van der Waals surface area contributed by atoms with E-state index < -0.39 is 0 Å². The second kappa shape index (κ2) is 8.59. The molecule has 0 aliphatic carbocycles. The van der Waals surface area contributed by atoms with Gasteiger partial charge in [-0.25, -0.2) is 0 Å². The van der Waals surface area contributed by atoms with Gasteiger partial charge in [-0.3, -0.25) is 4.79 Å². The minimum Gasteiger partial charge on any atom is -0.496 e. The van der Waals surface area contributed by atoms with Gasteiger partial charge in [0.1, 0.15) is 5.75 Å². The summed E-state index contributed by atoms with van der Waals surface area (Å²) in [4.78, 5) is 14.1. The first-order valence-electron chi connectivity index (χ1n) is 6.25. The van der Waals surface area contributed by atoms with E-state index in [0.29, 0.717) is 11.3 Å². The molecule has 0 heterocycles. The molecule has 5 heteroatoms. The van der Waals surface area contributed by atoms with Crippen molar-refractivity contribution in [2.45, 2.75) is 19.3 Å². The third-order valence-electron chi connectivity index (χ3n) is 2.87. The SMILES string of the molecule is COc1cc(Br)ccc1C(=O)N(C)CCCCCBr. The lowest BCUT2D eigenvalue weighted by molar-refractivity contribution is 0.0789. The molecule has 0 saturated heterocycles. The fraction of sp³-hybridized carbons (Fsp3) is 0.500. The van der Waals surface area contributed by atoms with E-state index in [9.17, 15) is 4.79 Å². The van der Waals surface area contributed by atoms with Crippen LogP contribution in [0.1, 0.15) is 29.6 Å². The van der Waals surface area contributed by atoms with Gasteiger partial charge in [-0.2, -0.15) is 0 Å². The van der Waals surface area contributed by atoms with Gasteiger partial charge >= 0.3 is 0 Å². The zero-order chi connectivity index (χ0) is 14.3. The van der Waals surface area contributed by atoms with E-state index >= 15 is 0 Å². The lowest BCUT2D eigenvalue weighted by Crippen LogP contribution is -2.28. The van der Waals surface area contributed by atoms with Crippen LogP contribution in [0.3, 0.4) is 0 Å². The van der Waals surface area contributed by atoms with Gasteiger partial charge in [0.2, 0.25) is 0 Å². The fourth-order valence-electron chi connectivity index (χ4n) is 1.77. The minimum atomic E-state index is 0.00296. The van der Waals surface area contributed by atoms with Gasteiger partial charge in [0, 0.05) is 23.4 Å². The number of amides is 1. The second-order valence-electron chi connectivity index (χ2n) is 4.32. The van der Waals surface area contributed by atoms with Crippen LogP contribution in [0, 0.1) is 0 Å². The topological polar surface area (TPSA) is 29.5 Å². The number of benzene rings is 1. The zero-order valence-electron chi connectivity index (χ0n) is 11.3. The van der Waals surface area contributed by atoms with E-state index in [-0.39, 0.29) is 5.91 Å². The van der Waals surface area contributed by atoms with Crippen LogP contribution in [0.2, 0.25) is 0 Å². The van der Waals surface area contributed by atoms with Crippen LogP contribution in [0.25, 0.3) is 0 Å². The highest BCUT2D eigenvalue weighted by Gasteiger charge is 2.16. The summed E-state index contributed by atoms with van der Waals surface area (Å²) in [6.45, 7) is 0.769. The number of ether oxygens (including phenoxy) is 1. The molecule has 0 unspecified atom stereocenters. The van der Waals surface area contributed by atoms with Gasteiger partial charge < -0.3 is 9.64 Å². The molecule has 0 aliphatic heterocycles. The van der Waals surface area contributed by atoms with Crippen LogP contribution >= 0.6 is 31.9 Å². The van der Waals surface area contributed by atoms with E-state index in [1.54, 1.807) is 18.1 Å². The van der Waals surface area contributed by atoms with E-state index in [4.69, 9.17) is 4.74 Å². The van der Waals surface area contributed by atoms with Crippen molar-refractivity contribution in [1.82, 2.24) is 4.90 Å². The van der Waals surface area contributed by atoms with Gasteiger partial charge in [-0.1, -0.05) is 38.3 Å². The first-order chi connectivity index (χ1) is 9.10. The minimum absolute atomic E-state index is 0.00296. The molecule has 1 amide bonds. The monoisotopic (exact) mass is 391 g/mol. The summed E-state index contributed by atoms with van der Waals surface area (Å²) in [6, 6.07) is 5.46. The molecule has 1 rings (SSSR count). The Morgan fingerprint density at radius 2 is 2.05 bits per heavy atom. The summed E-state index contributed by atoms with van der Waals surface area (Å²) in [5.74, 6) is 0.606. The molecule has 1 aromatic rings. The standard InChI is InChI=1S/C14H19Br2NO2/c1-17(9-5-3-4-8-15)14(18)12-7-6-11(16)10-13(12)19-2/h6-7,10H,3-5,8-9H2,1-2H3. The number of alkyl halides is 1. The number of halogens is 2. The highest BCUT2D eigenvalue weighted by molar-refractivity contribution is 9.10. The molecule has 0 aliphatic rings. The predicted molar refractivity (Wildman–Crippen MR) is 85.3 cm³/mol. The molecule has 0 spiro atoms. The van der Waals surface area contributed by atoms with Gasteiger partial charge in [-0.15, -0.1) is 0 Å². The van der Waals surface area contributed by atoms with Crippen molar-refractivity contribution in [2.24, 2.45) is 0 Å². The Kier molecular flexibility index (Phi) is 7.46. The highest BCUT2D eigenvalue weighted by Crippen LogP contribution is 2.24. The Morgan fingerprint density at radius 1 is 1.32 bits per heavy atom. The van der Waals surface area contributed by atoms with Gasteiger partial charge in [0.25, 0.3) is 5.91 Å². The van der Waals surface area contributed by atoms with Crippen LogP contribution < -0.4 is 4.74 Å². The number of unbranched alkanes of at least 4 members (excludes halogenated alkanes) is 2. The maximum atomic E-state index is 12.3. The molecule has 0 saturated carbocycles. The second-order valence-corrected chi connectivity index (χ2v) is 6.03. The number of carbonyl (C=O) groups is 1. The van der Waals surface area contributed by atoms with E-state index in [2.05, 4.69) is 31.9 Å². The Hall–Kier alpha value is -0.550. The summed E-state index contributed by atoms with van der Waals surface area (Å²) in [5, 5.41) is 1.02. The molecule has 0 bridgehead atoms. The molecule has 19 heavy (non-hydrogen) atoms. The third-order valence-corrected chi connectivity index (χ3v) is 3.92. The average molecular weight is 393 g/mol. The first-order valence-corrected chi connectivity index (χ1v) is 8.16. The molecular weight excluding hydrogens is 374 g/mol. The number of methoxy groups -OCH3 is 1. The molecule has 1 aromatic carbocycles. The summed E-state index contributed by atoms with van der Waals surface area (Å²) in [5.41, 5.74) is 0.605. The average Bonchev–Trinajstić information content (AvgIpc) is 2.42. The number of rotatable bonds is 7. The molecule has 106 valence electrons. The Labute approximate surface area is 131 Å². The Balaban J connectivity index is 2.66. The Bertz CT molecular complexity index is 424. The van der Waals surface area contributed by atoms with Gasteiger partial charge in [0.15, 0.2) is 0 Å². The quantitative estimate of drug-likeness (QED) is 0.516. The lowest BCUT2D eigenvalue weighted by atomic mass is 10.1. The molecule has 0 atom stereocenters. The van der Waals surface area contributed by atoms with Gasteiger partial charge in [0.05, 0.1) is 12.7 Å². The normalized spacial score (nSPS) is 10.3. The fourth-order valence-corrected chi connectivity index (χ4v) is 2.51. The molecule has 0 fully saturated rings. The number of hydrogen-bond acceptors (Lipinski definition) is 2. The van der Waals surface area contributed by atoms with Crippen molar-refractivity contribution >= 4 is 37.8 Å². The Morgan fingerprint density at radius 3 is 2.68 bits per heavy atom. The maximum absolute atomic E-state index is 12.3. The largest absolute Gasteiger partial charge is 0.496 e. The highest BCUT2D eigenvalue weighted by atomic mass is 79.9. The summed E-state index contributed by atoms with van der Waals surface area (Å²) in [7, 11) is 3.41. The van der Waals surface area contributed by atoms with E-state index in [1.807, 2.05) is 19.2 Å². The van der Waals surface area contributed by atoms with Crippen LogP contribution in [0.5, 0.6) is 5.75 Å². The number of nitrogens with zero attached hydrogens (tertiary/aromatic N) is 1. The summed E-state index contributed by atoms with van der Waals surface area (Å²) >= 11 is 6.78. The number of carbonyl (C=O) groups excluding carboxylic acids is 1. The third kappa shape index (κ3) is 5.15. The summed E-state index contributed by atoms with van der Waals surface area (Å²) in [6.07, 6.45) is 3.29. The van der Waals surface area contributed by atoms with Crippen molar-refractivity contribution in [3.05, 3.63) is 28.2 Å². The molecule has 3 nitrogen and oxygen atoms in total. The molecular formula is C14H19Br2NO2. The first kappa shape index (κ1) is 16.5. The van der Waals surface area contributed by atoms with Crippen molar-refractivity contribution in [1.29, 1.82) is 0 Å². The lowest BCUT2D eigenvalue weighted by Gasteiger charge is -2.18. The van der Waals surface area contributed by atoms with Crippen molar-refractivity contribution < 1.29 is 9.53 Å². The van der Waals surface area contributed by atoms with Crippen molar-refractivity contribution in [3.63, 3.8) is 0 Å². The summed E-state index contributed by atoms with van der Waals surface area (Å²) < 4.78 is 6.16. The van der Waals surface area contributed by atoms with Crippen LogP contribution in [0.4, 0.5) is 0 Å². The number of hydrogen-bond donors (Lipinski definition) is 0. The van der Waals surface area contributed by atoms with Crippen molar-refractivity contribution in [3.8, 4) is 5.75 Å². The smallest absolute Gasteiger partial charge is 0.257 e. The van der Waals surface area contributed by atoms with Crippen LogP contribution in [-0.4, -0.2) is 36.8 Å². The van der Waals surface area contributed by atoms with Crippen LogP contribution in [0.15, 0.2) is 22.7 Å². The van der Waals surface area contributed by atoms with Gasteiger partial charge in [-0.05, 0) is 31.0 Å². The predicted octanol–water partition coefficient (Wildman–Crippen LogP) is 4.09. The van der Waals surface area contributed by atoms with Crippen LogP contribution in [-0.2, 0) is 0 Å².